The standard InChI is InChI=1S/C12H18N2O6/c1-7-9(12(17)19-3)10-11(16)13(6-8(15)18-2)4-5-14(10)20-7/h7,9-10H,4-6H2,1-3H3/t7-,9-,10+/m1/s1. The number of methoxy groups -OCH3 is 2. The highest BCUT2D eigenvalue weighted by Crippen LogP contribution is 2.32. The van der Waals surface area contributed by atoms with Gasteiger partial charge in [0.1, 0.15) is 18.5 Å². The minimum atomic E-state index is -0.740. The van der Waals surface area contributed by atoms with Crippen molar-refractivity contribution >= 4 is 17.8 Å². The molecule has 1 amide bonds. The first kappa shape index (κ1) is 14.7. The van der Waals surface area contributed by atoms with E-state index < -0.39 is 30.0 Å². The lowest BCUT2D eigenvalue weighted by molar-refractivity contribution is -0.187. The van der Waals surface area contributed by atoms with Crippen LogP contribution in [0.4, 0.5) is 0 Å². The third-order valence-electron chi connectivity index (χ3n) is 3.63. The van der Waals surface area contributed by atoms with Gasteiger partial charge in [0.15, 0.2) is 0 Å². The molecule has 2 saturated heterocycles. The maximum absolute atomic E-state index is 12.4. The highest BCUT2D eigenvalue weighted by atomic mass is 16.7. The van der Waals surface area contributed by atoms with Crippen molar-refractivity contribution in [2.24, 2.45) is 5.92 Å². The van der Waals surface area contributed by atoms with E-state index in [2.05, 4.69) is 4.74 Å². The Balaban J connectivity index is 2.16. The minimum Gasteiger partial charge on any atom is -0.469 e. The quantitative estimate of drug-likeness (QED) is 0.602. The minimum absolute atomic E-state index is 0.123. The fraction of sp³-hybridized carbons (Fsp3) is 0.750. The van der Waals surface area contributed by atoms with Gasteiger partial charge in [-0.1, -0.05) is 0 Å². The highest BCUT2D eigenvalue weighted by Gasteiger charge is 2.53. The van der Waals surface area contributed by atoms with Crippen LogP contribution in [-0.4, -0.2) is 73.8 Å². The number of amides is 1. The second-order valence-electron chi connectivity index (χ2n) is 4.78. The fourth-order valence-corrected chi connectivity index (χ4v) is 2.60. The Kier molecular flexibility index (Phi) is 4.24. The van der Waals surface area contributed by atoms with Gasteiger partial charge in [0.2, 0.25) is 5.91 Å². The van der Waals surface area contributed by atoms with Crippen LogP contribution in [0.3, 0.4) is 0 Å². The van der Waals surface area contributed by atoms with Gasteiger partial charge in [-0.2, -0.15) is 5.06 Å². The third-order valence-corrected chi connectivity index (χ3v) is 3.63. The Morgan fingerprint density at radius 3 is 2.60 bits per heavy atom. The molecule has 0 aliphatic carbocycles. The van der Waals surface area contributed by atoms with Gasteiger partial charge in [0.25, 0.3) is 0 Å². The normalized spacial score (nSPS) is 30.1. The van der Waals surface area contributed by atoms with Crippen molar-refractivity contribution in [3.8, 4) is 0 Å². The molecule has 0 aromatic carbocycles. The van der Waals surface area contributed by atoms with Gasteiger partial charge in [-0.15, -0.1) is 0 Å². The molecule has 0 saturated carbocycles. The van der Waals surface area contributed by atoms with E-state index in [0.717, 1.165) is 0 Å². The number of piperazine rings is 1. The number of hydroxylamine groups is 2. The van der Waals surface area contributed by atoms with Crippen molar-refractivity contribution in [3.05, 3.63) is 0 Å². The molecule has 2 rings (SSSR count). The Bertz CT molecular complexity index is 426. The smallest absolute Gasteiger partial charge is 0.325 e. The summed E-state index contributed by atoms with van der Waals surface area (Å²) in [5, 5.41) is 1.50. The topological polar surface area (TPSA) is 85.4 Å². The molecule has 0 aromatic rings. The van der Waals surface area contributed by atoms with Crippen LogP contribution < -0.4 is 0 Å². The maximum atomic E-state index is 12.4. The summed E-state index contributed by atoms with van der Waals surface area (Å²) in [6.45, 7) is 2.38. The second-order valence-corrected chi connectivity index (χ2v) is 4.78. The molecule has 3 atom stereocenters. The molecule has 0 N–H and O–H groups in total. The molecule has 112 valence electrons. The Morgan fingerprint density at radius 1 is 1.30 bits per heavy atom. The molecule has 0 aromatic heterocycles. The van der Waals surface area contributed by atoms with Crippen LogP contribution in [0.15, 0.2) is 0 Å². The molecule has 8 nitrogen and oxygen atoms in total. The Hall–Kier alpha value is -1.67. The zero-order valence-electron chi connectivity index (χ0n) is 11.7. The molecule has 0 radical (unpaired) electrons. The van der Waals surface area contributed by atoms with E-state index in [1.165, 1.54) is 24.2 Å². The predicted octanol–water partition coefficient (Wildman–Crippen LogP) is -1.20. The molecule has 0 spiro atoms. The molecule has 2 heterocycles. The van der Waals surface area contributed by atoms with E-state index in [-0.39, 0.29) is 12.5 Å². The van der Waals surface area contributed by atoms with Crippen LogP contribution in [0.25, 0.3) is 0 Å². The number of carbonyl (C=O) groups excluding carboxylic acids is 3. The van der Waals surface area contributed by atoms with Gasteiger partial charge in [-0.25, -0.2) is 0 Å². The summed E-state index contributed by atoms with van der Waals surface area (Å²) in [4.78, 5) is 42.4. The molecular weight excluding hydrogens is 268 g/mol. The van der Waals surface area contributed by atoms with E-state index in [0.29, 0.717) is 13.1 Å². The summed E-state index contributed by atoms with van der Waals surface area (Å²) in [7, 11) is 2.54. The number of nitrogens with zero attached hydrogens (tertiary/aromatic N) is 2. The number of carbonyl (C=O) groups is 3. The third kappa shape index (κ3) is 2.48. The van der Waals surface area contributed by atoms with Crippen LogP contribution in [0.1, 0.15) is 6.92 Å². The fourth-order valence-electron chi connectivity index (χ4n) is 2.60. The zero-order valence-corrected chi connectivity index (χ0v) is 11.7. The van der Waals surface area contributed by atoms with Gasteiger partial charge in [-0.05, 0) is 6.92 Å². The Labute approximate surface area is 116 Å². The summed E-state index contributed by atoms with van der Waals surface area (Å²) in [6, 6.07) is -0.740. The average molecular weight is 286 g/mol. The molecule has 2 aliphatic rings. The lowest BCUT2D eigenvalue weighted by Crippen LogP contribution is -2.58. The summed E-state index contributed by atoms with van der Waals surface area (Å²) in [6.07, 6.45) is -0.436. The Morgan fingerprint density at radius 2 is 2.00 bits per heavy atom. The van der Waals surface area contributed by atoms with Crippen molar-refractivity contribution in [3.63, 3.8) is 0 Å². The first-order valence-corrected chi connectivity index (χ1v) is 6.36. The van der Waals surface area contributed by atoms with E-state index in [1.54, 1.807) is 6.92 Å². The van der Waals surface area contributed by atoms with Gasteiger partial charge in [-0.3, -0.25) is 19.2 Å². The van der Waals surface area contributed by atoms with Crippen LogP contribution in [0.2, 0.25) is 0 Å². The highest BCUT2D eigenvalue weighted by molar-refractivity contribution is 5.91. The summed E-state index contributed by atoms with van der Waals surface area (Å²) >= 11 is 0. The molecule has 2 fully saturated rings. The number of hydrogen-bond acceptors (Lipinski definition) is 7. The average Bonchev–Trinajstić information content (AvgIpc) is 2.78. The summed E-state index contributed by atoms with van der Waals surface area (Å²) < 4.78 is 9.29. The van der Waals surface area contributed by atoms with E-state index in [9.17, 15) is 14.4 Å². The van der Waals surface area contributed by atoms with Gasteiger partial charge >= 0.3 is 11.9 Å². The molecule has 20 heavy (non-hydrogen) atoms. The monoisotopic (exact) mass is 286 g/mol. The molecule has 0 unspecified atom stereocenters. The largest absolute Gasteiger partial charge is 0.469 e. The van der Waals surface area contributed by atoms with Crippen LogP contribution in [0.5, 0.6) is 0 Å². The zero-order chi connectivity index (χ0) is 14.9. The first-order chi connectivity index (χ1) is 9.49. The number of hydrogen-bond donors (Lipinski definition) is 0. The molecule has 8 heteroatoms. The maximum Gasteiger partial charge on any atom is 0.325 e. The molecular formula is C12H18N2O6. The lowest BCUT2D eigenvalue weighted by atomic mass is 9.93. The predicted molar refractivity (Wildman–Crippen MR) is 65.1 cm³/mol. The van der Waals surface area contributed by atoms with Gasteiger partial charge in [0, 0.05) is 13.1 Å². The van der Waals surface area contributed by atoms with Crippen molar-refractivity contribution in [2.45, 2.75) is 19.1 Å². The lowest BCUT2D eigenvalue weighted by Gasteiger charge is -2.35. The van der Waals surface area contributed by atoms with Crippen molar-refractivity contribution < 1.29 is 28.7 Å². The number of fused-ring (bicyclic) bond motifs is 1. The van der Waals surface area contributed by atoms with Crippen LogP contribution in [-0.2, 0) is 28.7 Å². The first-order valence-electron chi connectivity index (χ1n) is 6.36. The van der Waals surface area contributed by atoms with Crippen molar-refractivity contribution in [2.75, 3.05) is 33.9 Å². The van der Waals surface area contributed by atoms with Gasteiger partial charge in [0.05, 0.1) is 20.3 Å². The number of rotatable bonds is 3. The van der Waals surface area contributed by atoms with E-state index in [4.69, 9.17) is 9.57 Å². The van der Waals surface area contributed by atoms with Crippen molar-refractivity contribution in [1.29, 1.82) is 0 Å². The number of esters is 2. The van der Waals surface area contributed by atoms with E-state index >= 15 is 0 Å². The second kappa shape index (κ2) is 5.76. The van der Waals surface area contributed by atoms with Crippen molar-refractivity contribution in [1.82, 2.24) is 9.96 Å². The molecule has 0 bridgehead atoms. The molecule has 2 aliphatic heterocycles. The SMILES string of the molecule is COC(=O)CN1CCN2O[C@H](C)[C@@H](C(=O)OC)[C@H]2C1=O. The van der Waals surface area contributed by atoms with E-state index in [1.807, 2.05) is 0 Å². The summed E-state index contributed by atoms with van der Waals surface area (Å²) in [5.74, 6) is -1.99. The summed E-state index contributed by atoms with van der Waals surface area (Å²) in [5.41, 5.74) is 0. The number of ether oxygens (including phenoxy) is 2. The van der Waals surface area contributed by atoms with Crippen LogP contribution in [0, 0.1) is 5.92 Å². The van der Waals surface area contributed by atoms with Gasteiger partial charge < -0.3 is 14.4 Å². The van der Waals surface area contributed by atoms with Crippen LogP contribution >= 0.6 is 0 Å².